The van der Waals surface area contributed by atoms with Crippen LogP contribution in [0.25, 0.3) is 0 Å². The fourth-order valence-corrected chi connectivity index (χ4v) is 4.08. The van der Waals surface area contributed by atoms with Crippen molar-refractivity contribution in [1.29, 1.82) is 0 Å². The van der Waals surface area contributed by atoms with Gasteiger partial charge in [-0.1, -0.05) is 0 Å². The summed E-state index contributed by atoms with van der Waals surface area (Å²) in [5.41, 5.74) is 0.821. The minimum absolute atomic E-state index is 0.00936. The molecule has 4 N–H and O–H groups in total. The zero-order valence-corrected chi connectivity index (χ0v) is 16.0. The standard InChI is InChI=1S/C19H15FN4O5S/c20-11-3-8-16-14(10-11)23-17(24-30(16,27)28)19(26)22-13-6-4-12(5-7-13)21-18(25)15-2-1-9-29-15/h1-10,17,23-24H,(H,21,25)(H,22,26). The number of hydrogen-bond donors (Lipinski definition) is 4. The van der Waals surface area contributed by atoms with E-state index < -0.39 is 33.8 Å². The van der Waals surface area contributed by atoms with Gasteiger partial charge in [0.05, 0.1) is 12.0 Å². The smallest absolute Gasteiger partial charge is 0.291 e. The molecule has 0 fully saturated rings. The van der Waals surface area contributed by atoms with Crippen LogP contribution in [0.5, 0.6) is 0 Å². The van der Waals surface area contributed by atoms with E-state index in [0.29, 0.717) is 11.4 Å². The zero-order valence-electron chi connectivity index (χ0n) is 15.2. The van der Waals surface area contributed by atoms with Gasteiger partial charge in [-0.3, -0.25) is 9.59 Å². The largest absolute Gasteiger partial charge is 0.459 e. The molecule has 0 saturated heterocycles. The fraction of sp³-hybridized carbons (Fsp3) is 0.0526. The minimum Gasteiger partial charge on any atom is -0.459 e. The first-order chi connectivity index (χ1) is 14.3. The van der Waals surface area contributed by atoms with E-state index in [2.05, 4.69) is 20.7 Å². The number of hydrogen-bond acceptors (Lipinski definition) is 6. The van der Waals surface area contributed by atoms with Gasteiger partial charge in [0.25, 0.3) is 11.8 Å². The number of anilines is 3. The zero-order chi connectivity index (χ0) is 21.3. The van der Waals surface area contributed by atoms with Gasteiger partial charge in [0.1, 0.15) is 10.7 Å². The van der Waals surface area contributed by atoms with Crippen molar-refractivity contribution in [1.82, 2.24) is 4.72 Å². The van der Waals surface area contributed by atoms with Gasteiger partial charge in [-0.15, -0.1) is 0 Å². The highest BCUT2D eigenvalue weighted by atomic mass is 32.2. The number of rotatable bonds is 4. The summed E-state index contributed by atoms with van der Waals surface area (Å²) in [5, 5.41) is 7.84. The molecule has 1 aromatic heterocycles. The molecular formula is C19H15FN4O5S. The van der Waals surface area contributed by atoms with E-state index in [1.54, 1.807) is 18.2 Å². The highest BCUT2D eigenvalue weighted by Crippen LogP contribution is 2.27. The van der Waals surface area contributed by atoms with E-state index in [1.165, 1.54) is 24.5 Å². The summed E-state index contributed by atoms with van der Waals surface area (Å²) in [6.07, 6.45) is 0.0519. The second-order valence-corrected chi connectivity index (χ2v) is 8.02. The summed E-state index contributed by atoms with van der Waals surface area (Å²) in [7, 11) is -3.98. The van der Waals surface area contributed by atoms with Crippen LogP contribution in [0.1, 0.15) is 10.6 Å². The van der Waals surface area contributed by atoms with Gasteiger partial charge in [0.2, 0.25) is 10.0 Å². The van der Waals surface area contributed by atoms with Crippen molar-refractivity contribution in [2.24, 2.45) is 0 Å². The Labute approximate surface area is 170 Å². The van der Waals surface area contributed by atoms with Crippen LogP contribution in [0, 0.1) is 5.82 Å². The second-order valence-electron chi connectivity index (χ2n) is 6.34. The van der Waals surface area contributed by atoms with E-state index in [4.69, 9.17) is 4.42 Å². The molecule has 2 amide bonds. The summed E-state index contributed by atoms with van der Waals surface area (Å²) in [6.45, 7) is 0. The third-order valence-electron chi connectivity index (χ3n) is 4.22. The van der Waals surface area contributed by atoms with Crippen molar-refractivity contribution in [3.8, 4) is 0 Å². The Morgan fingerprint density at radius 2 is 1.70 bits per heavy atom. The van der Waals surface area contributed by atoms with Crippen LogP contribution in [0.2, 0.25) is 0 Å². The molecule has 154 valence electrons. The normalized spacial score (nSPS) is 16.8. The van der Waals surface area contributed by atoms with Crippen molar-refractivity contribution in [2.45, 2.75) is 11.1 Å². The number of carbonyl (C=O) groups is 2. The van der Waals surface area contributed by atoms with Crippen LogP contribution in [-0.4, -0.2) is 26.4 Å². The van der Waals surface area contributed by atoms with Gasteiger partial charge >= 0.3 is 0 Å². The van der Waals surface area contributed by atoms with Crippen molar-refractivity contribution in [2.75, 3.05) is 16.0 Å². The maximum Gasteiger partial charge on any atom is 0.291 e. The first-order valence-electron chi connectivity index (χ1n) is 8.66. The number of fused-ring (bicyclic) bond motifs is 1. The molecule has 1 aliphatic heterocycles. The third-order valence-corrected chi connectivity index (χ3v) is 5.70. The average molecular weight is 430 g/mol. The fourth-order valence-electron chi connectivity index (χ4n) is 2.82. The van der Waals surface area contributed by atoms with Crippen molar-refractivity contribution >= 4 is 38.9 Å². The highest BCUT2D eigenvalue weighted by Gasteiger charge is 2.33. The van der Waals surface area contributed by atoms with Crippen molar-refractivity contribution in [3.05, 3.63) is 72.4 Å². The lowest BCUT2D eigenvalue weighted by atomic mass is 10.2. The monoisotopic (exact) mass is 430 g/mol. The van der Waals surface area contributed by atoms with Crippen LogP contribution in [0.4, 0.5) is 21.5 Å². The first kappa shape index (κ1) is 19.6. The molecule has 0 radical (unpaired) electrons. The molecule has 1 unspecified atom stereocenters. The van der Waals surface area contributed by atoms with E-state index in [-0.39, 0.29) is 16.3 Å². The van der Waals surface area contributed by atoms with E-state index >= 15 is 0 Å². The quantitative estimate of drug-likeness (QED) is 0.503. The number of benzene rings is 2. The summed E-state index contributed by atoms with van der Waals surface area (Å²) >= 11 is 0. The number of amides is 2. The molecule has 0 aliphatic carbocycles. The number of nitrogens with one attached hydrogen (secondary N) is 4. The Bertz CT molecular complexity index is 1210. The predicted molar refractivity (Wildman–Crippen MR) is 106 cm³/mol. The van der Waals surface area contributed by atoms with Gasteiger partial charge < -0.3 is 20.4 Å². The molecule has 3 aromatic rings. The van der Waals surface area contributed by atoms with Crippen molar-refractivity contribution in [3.63, 3.8) is 0 Å². The van der Waals surface area contributed by atoms with E-state index in [9.17, 15) is 22.4 Å². The number of carbonyl (C=O) groups excluding carboxylic acids is 2. The minimum atomic E-state index is -3.98. The first-order valence-corrected chi connectivity index (χ1v) is 10.1. The maximum atomic E-state index is 13.4. The molecule has 0 spiro atoms. The molecule has 9 nitrogen and oxygen atoms in total. The third kappa shape index (κ3) is 4.02. The molecule has 0 saturated carbocycles. The van der Waals surface area contributed by atoms with E-state index in [0.717, 1.165) is 18.2 Å². The van der Waals surface area contributed by atoms with Gasteiger partial charge in [-0.2, -0.15) is 4.72 Å². The summed E-state index contributed by atoms with van der Waals surface area (Å²) < 4.78 is 45.2. The van der Waals surface area contributed by atoms with Crippen LogP contribution < -0.4 is 20.7 Å². The molecule has 11 heteroatoms. The SMILES string of the molecule is O=C(Nc1ccc(NC(=O)C2Nc3cc(F)ccc3S(=O)(=O)N2)cc1)c1ccco1. The van der Waals surface area contributed by atoms with E-state index in [1.807, 2.05) is 0 Å². The van der Waals surface area contributed by atoms with Crippen LogP contribution in [0.3, 0.4) is 0 Å². The highest BCUT2D eigenvalue weighted by molar-refractivity contribution is 7.89. The molecular weight excluding hydrogens is 415 g/mol. The van der Waals surface area contributed by atoms with Crippen molar-refractivity contribution < 1.29 is 26.8 Å². The summed E-state index contributed by atoms with van der Waals surface area (Å²) in [5.74, 6) is -1.60. The molecule has 2 heterocycles. The molecule has 1 aliphatic rings. The lowest BCUT2D eigenvalue weighted by molar-refractivity contribution is -0.117. The number of halogens is 1. The topological polar surface area (TPSA) is 130 Å². The Kier molecular flexibility index (Phi) is 4.98. The predicted octanol–water partition coefficient (Wildman–Crippen LogP) is 2.34. The molecule has 2 aromatic carbocycles. The Morgan fingerprint density at radius 3 is 2.37 bits per heavy atom. The molecule has 0 bridgehead atoms. The molecule has 1 atom stereocenters. The molecule has 4 rings (SSSR count). The van der Waals surface area contributed by atoms with Crippen LogP contribution >= 0.6 is 0 Å². The average Bonchev–Trinajstić information content (AvgIpc) is 3.23. The Morgan fingerprint density at radius 1 is 1.00 bits per heavy atom. The molecule has 30 heavy (non-hydrogen) atoms. The lowest BCUT2D eigenvalue weighted by Crippen LogP contribution is -2.51. The van der Waals surface area contributed by atoms with Gasteiger partial charge in [-0.05, 0) is 54.6 Å². The maximum absolute atomic E-state index is 13.4. The number of furan rings is 1. The Hall–Kier alpha value is -3.70. The number of sulfonamides is 1. The van der Waals surface area contributed by atoms with Gasteiger partial charge in [0.15, 0.2) is 11.9 Å². The van der Waals surface area contributed by atoms with Crippen LogP contribution in [0.15, 0.2) is 70.2 Å². The second kappa shape index (κ2) is 7.61. The summed E-state index contributed by atoms with van der Waals surface area (Å²) in [4.78, 5) is 24.3. The lowest BCUT2D eigenvalue weighted by Gasteiger charge is -2.27. The summed E-state index contributed by atoms with van der Waals surface area (Å²) in [6, 6.07) is 12.4. The van der Waals surface area contributed by atoms with Gasteiger partial charge in [0, 0.05) is 11.4 Å². The van der Waals surface area contributed by atoms with Crippen LogP contribution in [-0.2, 0) is 14.8 Å². The van der Waals surface area contributed by atoms with Gasteiger partial charge in [-0.25, -0.2) is 12.8 Å². The Balaban J connectivity index is 1.43.